The van der Waals surface area contributed by atoms with Gasteiger partial charge in [-0.3, -0.25) is 19.7 Å². The Bertz CT molecular complexity index is 516. The number of carboxylic acids is 1. The van der Waals surface area contributed by atoms with E-state index in [0.29, 0.717) is 6.54 Å². The van der Waals surface area contributed by atoms with Crippen LogP contribution in [0.25, 0.3) is 0 Å². The molecule has 2 aliphatic heterocycles. The van der Waals surface area contributed by atoms with Crippen LogP contribution < -0.4 is 5.32 Å². The molecule has 2 fully saturated rings. The predicted molar refractivity (Wildman–Crippen MR) is 71.2 cm³/mol. The number of imide groups is 1. The van der Waals surface area contributed by atoms with E-state index >= 15 is 0 Å². The predicted octanol–water partition coefficient (Wildman–Crippen LogP) is -0.504. The number of nitrogens with zero attached hydrogens (tertiary/aromatic N) is 2. The van der Waals surface area contributed by atoms with Gasteiger partial charge in [0.15, 0.2) is 0 Å². The van der Waals surface area contributed by atoms with Crippen LogP contribution in [0.5, 0.6) is 0 Å². The standard InChI is InChI=1S/C13H19N3O5/c1-7-4-15(5-8(7)10(18)19)12(21)16-6-9(17)14-11(20)13(16,2)3/h7-8H,4-6H2,1-3H3,(H,18,19)(H,14,17,20)/t7-,8-/m1/s1. The molecule has 2 rings (SSSR count). The van der Waals surface area contributed by atoms with Crippen LogP contribution in [-0.4, -0.2) is 63.9 Å². The molecule has 0 unspecified atom stereocenters. The van der Waals surface area contributed by atoms with E-state index in [4.69, 9.17) is 5.11 Å². The van der Waals surface area contributed by atoms with Crippen LogP contribution in [0.1, 0.15) is 20.8 Å². The monoisotopic (exact) mass is 297 g/mol. The summed E-state index contributed by atoms with van der Waals surface area (Å²) in [7, 11) is 0. The number of likely N-dealkylation sites (tertiary alicyclic amines) is 1. The normalized spacial score (nSPS) is 28.5. The summed E-state index contributed by atoms with van der Waals surface area (Å²) >= 11 is 0. The van der Waals surface area contributed by atoms with Crippen LogP contribution in [0, 0.1) is 11.8 Å². The Kier molecular flexibility index (Phi) is 3.65. The fourth-order valence-corrected chi connectivity index (χ4v) is 2.70. The van der Waals surface area contributed by atoms with Crippen molar-refractivity contribution in [2.45, 2.75) is 26.3 Å². The molecule has 8 heteroatoms. The molecular formula is C13H19N3O5. The smallest absolute Gasteiger partial charge is 0.321 e. The molecule has 0 aliphatic carbocycles. The molecule has 0 spiro atoms. The molecule has 0 bridgehead atoms. The third kappa shape index (κ3) is 2.57. The van der Waals surface area contributed by atoms with E-state index in [2.05, 4.69) is 5.32 Å². The zero-order chi connectivity index (χ0) is 15.9. The fraction of sp³-hybridized carbons (Fsp3) is 0.692. The van der Waals surface area contributed by atoms with Crippen molar-refractivity contribution in [3.63, 3.8) is 0 Å². The number of urea groups is 1. The highest BCUT2D eigenvalue weighted by Crippen LogP contribution is 2.27. The number of amides is 4. The van der Waals surface area contributed by atoms with Gasteiger partial charge in [0.05, 0.1) is 5.92 Å². The lowest BCUT2D eigenvalue weighted by Crippen LogP contribution is -2.67. The number of carbonyl (C=O) groups excluding carboxylic acids is 3. The van der Waals surface area contributed by atoms with Gasteiger partial charge >= 0.3 is 12.0 Å². The maximum atomic E-state index is 12.5. The van der Waals surface area contributed by atoms with Gasteiger partial charge in [0.1, 0.15) is 12.1 Å². The van der Waals surface area contributed by atoms with Crippen molar-refractivity contribution >= 4 is 23.8 Å². The summed E-state index contributed by atoms with van der Waals surface area (Å²) < 4.78 is 0. The molecule has 2 saturated heterocycles. The van der Waals surface area contributed by atoms with Gasteiger partial charge in [-0.15, -0.1) is 0 Å². The summed E-state index contributed by atoms with van der Waals surface area (Å²) in [6.07, 6.45) is 0. The maximum Gasteiger partial charge on any atom is 0.321 e. The van der Waals surface area contributed by atoms with Crippen molar-refractivity contribution in [2.24, 2.45) is 11.8 Å². The summed E-state index contributed by atoms with van der Waals surface area (Å²) in [4.78, 5) is 49.6. The minimum absolute atomic E-state index is 0.0950. The number of aliphatic carboxylic acids is 1. The average Bonchev–Trinajstić information content (AvgIpc) is 2.75. The number of hydrogen-bond donors (Lipinski definition) is 2. The summed E-state index contributed by atoms with van der Waals surface area (Å²) in [6.45, 7) is 5.07. The Hall–Kier alpha value is -2.12. The highest BCUT2D eigenvalue weighted by atomic mass is 16.4. The summed E-state index contributed by atoms with van der Waals surface area (Å²) in [5, 5.41) is 11.3. The number of rotatable bonds is 1. The number of carbonyl (C=O) groups is 4. The Morgan fingerprint density at radius 1 is 1.29 bits per heavy atom. The molecule has 116 valence electrons. The quantitative estimate of drug-likeness (QED) is 0.634. The third-order valence-electron chi connectivity index (χ3n) is 4.22. The van der Waals surface area contributed by atoms with Crippen molar-refractivity contribution in [2.75, 3.05) is 19.6 Å². The largest absolute Gasteiger partial charge is 0.481 e. The van der Waals surface area contributed by atoms with Gasteiger partial charge < -0.3 is 14.9 Å². The summed E-state index contributed by atoms with van der Waals surface area (Å²) in [5.41, 5.74) is -1.14. The van der Waals surface area contributed by atoms with Crippen LogP contribution in [0.4, 0.5) is 4.79 Å². The van der Waals surface area contributed by atoms with Crippen molar-refractivity contribution in [1.29, 1.82) is 0 Å². The number of piperazine rings is 1. The van der Waals surface area contributed by atoms with Crippen molar-refractivity contribution in [3.05, 3.63) is 0 Å². The van der Waals surface area contributed by atoms with Crippen molar-refractivity contribution < 1.29 is 24.3 Å². The first-order valence-electron chi connectivity index (χ1n) is 6.78. The molecule has 0 saturated carbocycles. The maximum absolute atomic E-state index is 12.5. The lowest BCUT2D eigenvalue weighted by atomic mass is 9.99. The first kappa shape index (κ1) is 15.3. The molecule has 4 amide bonds. The molecule has 0 aromatic heterocycles. The molecule has 0 aromatic rings. The van der Waals surface area contributed by atoms with Gasteiger partial charge in [-0.2, -0.15) is 0 Å². The molecule has 8 nitrogen and oxygen atoms in total. The van der Waals surface area contributed by atoms with Crippen molar-refractivity contribution in [3.8, 4) is 0 Å². The lowest BCUT2D eigenvalue weighted by molar-refractivity contribution is -0.144. The summed E-state index contributed by atoms with van der Waals surface area (Å²) in [5.74, 6) is -2.79. The Balaban J connectivity index is 2.18. The third-order valence-corrected chi connectivity index (χ3v) is 4.22. The van der Waals surface area contributed by atoms with Gasteiger partial charge in [0.2, 0.25) is 5.91 Å². The van der Waals surface area contributed by atoms with Gasteiger partial charge in [-0.25, -0.2) is 4.79 Å². The molecule has 0 aromatic carbocycles. The van der Waals surface area contributed by atoms with E-state index in [0.717, 1.165) is 0 Å². The zero-order valence-corrected chi connectivity index (χ0v) is 12.3. The van der Waals surface area contributed by atoms with Crippen LogP contribution in [-0.2, 0) is 14.4 Å². The van der Waals surface area contributed by atoms with Crippen LogP contribution in [0.2, 0.25) is 0 Å². The minimum Gasteiger partial charge on any atom is -0.481 e. The number of hydrogen-bond acceptors (Lipinski definition) is 4. The second-order valence-electron chi connectivity index (χ2n) is 6.13. The molecule has 2 N–H and O–H groups in total. The van der Waals surface area contributed by atoms with E-state index in [-0.39, 0.29) is 19.0 Å². The van der Waals surface area contributed by atoms with Crippen LogP contribution >= 0.6 is 0 Å². The number of carboxylic acid groups (broad SMARTS) is 1. The molecule has 2 aliphatic rings. The fourth-order valence-electron chi connectivity index (χ4n) is 2.70. The summed E-state index contributed by atoms with van der Waals surface area (Å²) in [6, 6.07) is -0.473. The average molecular weight is 297 g/mol. The molecule has 2 heterocycles. The lowest BCUT2D eigenvalue weighted by Gasteiger charge is -2.41. The molecule has 2 atom stereocenters. The second-order valence-corrected chi connectivity index (χ2v) is 6.13. The Morgan fingerprint density at radius 3 is 2.43 bits per heavy atom. The highest BCUT2D eigenvalue weighted by Gasteiger charge is 2.47. The Morgan fingerprint density at radius 2 is 1.90 bits per heavy atom. The second kappa shape index (κ2) is 5.01. The van der Waals surface area contributed by atoms with Crippen LogP contribution in [0.15, 0.2) is 0 Å². The van der Waals surface area contributed by atoms with Gasteiger partial charge in [0, 0.05) is 13.1 Å². The van der Waals surface area contributed by atoms with E-state index in [1.807, 2.05) is 0 Å². The molecular weight excluding hydrogens is 278 g/mol. The van der Waals surface area contributed by atoms with Crippen LogP contribution in [0.3, 0.4) is 0 Å². The Labute approximate surface area is 122 Å². The first-order chi connectivity index (χ1) is 9.64. The highest BCUT2D eigenvalue weighted by molar-refractivity contribution is 6.06. The minimum atomic E-state index is -1.14. The van der Waals surface area contributed by atoms with E-state index < -0.39 is 35.3 Å². The zero-order valence-electron chi connectivity index (χ0n) is 12.3. The molecule has 0 radical (unpaired) electrons. The van der Waals surface area contributed by atoms with E-state index in [1.54, 1.807) is 20.8 Å². The number of nitrogens with one attached hydrogen (secondary N) is 1. The molecule has 21 heavy (non-hydrogen) atoms. The first-order valence-corrected chi connectivity index (χ1v) is 6.78. The van der Waals surface area contributed by atoms with E-state index in [9.17, 15) is 19.2 Å². The van der Waals surface area contributed by atoms with Gasteiger partial charge in [-0.1, -0.05) is 6.92 Å². The SMILES string of the molecule is C[C@@H]1CN(C(=O)N2CC(=O)NC(=O)C2(C)C)C[C@H]1C(=O)O. The van der Waals surface area contributed by atoms with E-state index in [1.165, 1.54) is 9.80 Å². The van der Waals surface area contributed by atoms with Crippen molar-refractivity contribution in [1.82, 2.24) is 15.1 Å². The topological polar surface area (TPSA) is 107 Å². The van der Waals surface area contributed by atoms with Gasteiger partial charge in [0.25, 0.3) is 5.91 Å². The van der Waals surface area contributed by atoms with Gasteiger partial charge in [-0.05, 0) is 19.8 Å².